The van der Waals surface area contributed by atoms with Gasteiger partial charge in [0.15, 0.2) is 16.8 Å². The Kier molecular flexibility index (Phi) is 6.13. The van der Waals surface area contributed by atoms with Crippen LogP contribution in [0.2, 0.25) is 0 Å². The van der Waals surface area contributed by atoms with E-state index < -0.39 is 0 Å². The third kappa shape index (κ3) is 4.36. The lowest BCUT2D eigenvalue weighted by Gasteiger charge is -2.11. The molecule has 7 heteroatoms. The predicted molar refractivity (Wildman–Crippen MR) is 124 cm³/mol. The molecule has 0 unspecified atom stereocenters. The van der Waals surface area contributed by atoms with Gasteiger partial charge in [0.1, 0.15) is 0 Å². The van der Waals surface area contributed by atoms with Gasteiger partial charge in [-0.3, -0.25) is 9.36 Å². The molecule has 4 aromatic rings. The molecule has 0 spiro atoms. The van der Waals surface area contributed by atoms with Crippen LogP contribution in [0.3, 0.4) is 0 Å². The van der Waals surface area contributed by atoms with E-state index >= 15 is 0 Å². The van der Waals surface area contributed by atoms with E-state index in [0.717, 1.165) is 22.0 Å². The van der Waals surface area contributed by atoms with Gasteiger partial charge in [-0.25, -0.2) is 4.98 Å². The molecule has 4 rings (SSSR count). The highest BCUT2D eigenvalue weighted by molar-refractivity contribution is 7.99. The average molecular weight is 431 g/mol. The Hall–Kier alpha value is -3.45. The maximum absolute atomic E-state index is 12.5. The van der Waals surface area contributed by atoms with E-state index in [1.165, 1.54) is 11.8 Å². The lowest BCUT2D eigenvalue weighted by atomic mass is 10.1. The van der Waals surface area contributed by atoms with Gasteiger partial charge in [-0.2, -0.15) is 0 Å². The summed E-state index contributed by atoms with van der Waals surface area (Å²) in [4.78, 5) is 17.2. The van der Waals surface area contributed by atoms with Crippen LogP contribution in [0.1, 0.15) is 15.9 Å². The summed E-state index contributed by atoms with van der Waals surface area (Å²) in [5.41, 5.74) is 3.43. The van der Waals surface area contributed by atoms with Gasteiger partial charge in [-0.05, 0) is 25.1 Å². The Morgan fingerprint density at radius 1 is 1.16 bits per heavy atom. The minimum Gasteiger partial charge on any atom is -0.480 e. The minimum absolute atomic E-state index is 0.0423. The topological polar surface area (TPSA) is 69.9 Å². The van der Waals surface area contributed by atoms with Crippen molar-refractivity contribution >= 4 is 28.4 Å². The van der Waals surface area contributed by atoms with Gasteiger partial charge in [-0.1, -0.05) is 59.8 Å². The van der Waals surface area contributed by atoms with E-state index in [-0.39, 0.29) is 11.5 Å². The van der Waals surface area contributed by atoms with E-state index in [1.54, 1.807) is 13.2 Å². The predicted octanol–water partition coefficient (Wildman–Crippen LogP) is 4.97. The first-order valence-corrected chi connectivity index (χ1v) is 10.8. The number of rotatable bonds is 8. The molecule has 0 amide bonds. The van der Waals surface area contributed by atoms with Crippen molar-refractivity contribution in [2.24, 2.45) is 0 Å². The molecule has 0 aliphatic rings. The second-order valence-electron chi connectivity index (χ2n) is 7.02. The Morgan fingerprint density at radius 3 is 2.71 bits per heavy atom. The summed E-state index contributed by atoms with van der Waals surface area (Å²) < 4.78 is 7.49. The molecule has 31 heavy (non-hydrogen) atoms. The summed E-state index contributed by atoms with van der Waals surface area (Å²) in [5, 5.41) is 10.4. The average Bonchev–Trinajstić information content (AvgIpc) is 3.19. The number of aryl methyl sites for hydroxylation is 1. The molecule has 2 aromatic carbocycles. The van der Waals surface area contributed by atoms with Crippen molar-refractivity contribution in [3.8, 4) is 17.3 Å². The van der Waals surface area contributed by atoms with Gasteiger partial charge in [0, 0.05) is 17.5 Å². The number of hydrogen-bond acceptors (Lipinski definition) is 6. The normalized spacial score (nSPS) is 10.9. The van der Waals surface area contributed by atoms with Crippen molar-refractivity contribution in [1.82, 2.24) is 19.7 Å². The number of ketones is 1. The van der Waals surface area contributed by atoms with Gasteiger partial charge in [0.2, 0.25) is 5.88 Å². The van der Waals surface area contributed by atoms with Crippen LogP contribution in [-0.2, 0) is 6.54 Å². The van der Waals surface area contributed by atoms with Crippen LogP contribution in [-0.4, -0.2) is 38.4 Å². The number of allylic oxidation sites excluding steroid dienone is 1. The number of pyridine rings is 1. The van der Waals surface area contributed by atoms with Gasteiger partial charge < -0.3 is 4.74 Å². The maximum atomic E-state index is 12.5. The zero-order valence-corrected chi connectivity index (χ0v) is 18.2. The fourth-order valence-corrected chi connectivity index (χ4v) is 4.16. The number of fused-ring (bicyclic) bond motifs is 1. The Labute approximate surface area is 185 Å². The van der Waals surface area contributed by atoms with Crippen molar-refractivity contribution in [1.29, 1.82) is 0 Å². The third-order valence-electron chi connectivity index (χ3n) is 4.83. The smallest absolute Gasteiger partial charge is 0.224 e. The SMILES string of the molecule is C=CCn1c(SCC(=O)c2ccccc2)nnc1-c1cc2cc(C)ccc2nc1OC. The van der Waals surface area contributed by atoms with Crippen LogP contribution in [0.5, 0.6) is 5.88 Å². The van der Waals surface area contributed by atoms with E-state index in [1.807, 2.05) is 60.0 Å². The second-order valence-corrected chi connectivity index (χ2v) is 7.97. The van der Waals surface area contributed by atoms with Crippen molar-refractivity contribution < 1.29 is 9.53 Å². The molecule has 0 aliphatic heterocycles. The monoisotopic (exact) mass is 430 g/mol. The van der Waals surface area contributed by atoms with Crippen LogP contribution >= 0.6 is 11.8 Å². The molecule has 0 N–H and O–H groups in total. The Bertz CT molecular complexity index is 1250. The molecule has 156 valence electrons. The molecule has 0 aliphatic carbocycles. The van der Waals surface area contributed by atoms with Crippen LogP contribution in [0.15, 0.2) is 72.4 Å². The van der Waals surface area contributed by atoms with Crippen LogP contribution < -0.4 is 4.74 Å². The van der Waals surface area contributed by atoms with E-state index in [2.05, 4.69) is 27.8 Å². The lowest BCUT2D eigenvalue weighted by molar-refractivity contribution is 0.102. The van der Waals surface area contributed by atoms with E-state index in [4.69, 9.17) is 4.74 Å². The fraction of sp³-hybridized carbons (Fsp3) is 0.167. The Morgan fingerprint density at radius 2 is 1.97 bits per heavy atom. The Balaban J connectivity index is 1.70. The fourth-order valence-electron chi connectivity index (χ4n) is 3.32. The summed E-state index contributed by atoms with van der Waals surface area (Å²) in [5.74, 6) is 1.42. The molecule has 2 aromatic heterocycles. The first kappa shape index (κ1) is 20.8. The van der Waals surface area contributed by atoms with Gasteiger partial charge >= 0.3 is 0 Å². The highest BCUT2D eigenvalue weighted by Gasteiger charge is 2.20. The second kappa shape index (κ2) is 9.14. The number of aromatic nitrogens is 4. The van der Waals surface area contributed by atoms with Gasteiger partial charge in [0.05, 0.1) is 23.9 Å². The summed E-state index contributed by atoms with van der Waals surface area (Å²) in [6, 6.07) is 17.3. The molecule has 0 saturated heterocycles. The van der Waals surface area contributed by atoms with Gasteiger partial charge in [0.25, 0.3) is 0 Å². The largest absolute Gasteiger partial charge is 0.480 e. The van der Waals surface area contributed by atoms with Crippen molar-refractivity contribution in [3.05, 3.63) is 78.4 Å². The number of hydrogen-bond donors (Lipinski definition) is 0. The van der Waals surface area contributed by atoms with Crippen LogP contribution in [0, 0.1) is 6.92 Å². The van der Waals surface area contributed by atoms with Crippen molar-refractivity contribution in [3.63, 3.8) is 0 Å². The molecule has 0 fully saturated rings. The molecule has 0 saturated carbocycles. The summed E-state index contributed by atoms with van der Waals surface area (Å²) in [6.45, 7) is 6.40. The molecule has 0 radical (unpaired) electrons. The van der Waals surface area contributed by atoms with Crippen molar-refractivity contribution in [2.45, 2.75) is 18.6 Å². The maximum Gasteiger partial charge on any atom is 0.224 e. The zero-order valence-electron chi connectivity index (χ0n) is 17.4. The summed E-state index contributed by atoms with van der Waals surface area (Å²) in [6.07, 6.45) is 1.78. The zero-order chi connectivity index (χ0) is 21.8. The highest BCUT2D eigenvalue weighted by atomic mass is 32.2. The first-order chi connectivity index (χ1) is 15.1. The molecule has 6 nitrogen and oxygen atoms in total. The summed E-state index contributed by atoms with van der Waals surface area (Å²) >= 11 is 1.36. The molecule has 0 bridgehead atoms. The lowest BCUT2D eigenvalue weighted by Crippen LogP contribution is -2.06. The first-order valence-electron chi connectivity index (χ1n) is 9.81. The number of carbonyl (C=O) groups excluding carboxylic acids is 1. The molecule has 2 heterocycles. The van der Waals surface area contributed by atoms with Crippen LogP contribution in [0.25, 0.3) is 22.3 Å². The summed E-state index contributed by atoms with van der Waals surface area (Å²) in [7, 11) is 1.59. The number of benzene rings is 2. The molecule has 0 atom stereocenters. The van der Waals surface area contributed by atoms with Gasteiger partial charge in [-0.15, -0.1) is 16.8 Å². The van der Waals surface area contributed by atoms with Crippen molar-refractivity contribution in [2.75, 3.05) is 12.9 Å². The number of thioether (sulfide) groups is 1. The number of carbonyl (C=O) groups is 1. The highest BCUT2D eigenvalue weighted by Crippen LogP contribution is 2.33. The minimum atomic E-state index is 0.0423. The number of Topliss-reactive ketones (excluding diaryl/α,β-unsaturated/α-hetero) is 1. The number of methoxy groups -OCH3 is 1. The standard InChI is InChI=1S/C24H22N4O2S/c1-4-12-28-22(19-14-18-13-16(2)10-11-20(18)25-23(19)30-3)26-27-24(28)31-15-21(29)17-8-6-5-7-9-17/h4-11,13-14H,1,12,15H2,2-3H3. The number of ether oxygens (including phenoxy) is 1. The molecular weight excluding hydrogens is 408 g/mol. The third-order valence-corrected chi connectivity index (χ3v) is 5.79. The quantitative estimate of drug-likeness (QED) is 0.223. The van der Waals surface area contributed by atoms with E-state index in [0.29, 0.717) is 29.0 Å². The van der Waals surface area contributed by atoms with Crippen LogP contribution in [0.4, 0.5) is 0 Å². The van der Waals surface area contributed by atoms with E-state index in [9.17, 15) is 4.79 Å². The number of nitrogens with zero attached hydrogens (tertiary/aromatic N) is 4. The molecular formula is C24H22N4O2S.